The van der Waals surface area contributed by atoms with Crippen LogP contribution in [0, 0.1) is 5.21 Å². The summed E-state index contributed by atoms with van der Waals surface area (Å²) in [5.74, 6) is 0.610. The van der Waals surface area contributed by atoms with Crippen LogP contribution in [0.2, 0.25) is 0 Å². The minimum atomic E-state index is -0.427. The van der Waals surface area contributed by atoms with Crippen LogP contribution in [0.25, 0.3) is 22.5 Å². The van der Waals surface area contributed by atoms with E-state index >= 15 is 0 Å². The van der Waals surface area contributed by atoms with Gasteiger partial charge in [0, 0.05) is 18.2 Å². The number of benzene rings is 1. The number of aromatic amines is 1. The minimum Gasteiger partial charge on any atom is -0.626 e. The second kappa shape index (κ2) is 10.9. The van der Waals surface area contributed by atoms with Crippen molar-refractivity contribution in [2.45, 2.75) is 77.0 Å². The number of hydroxylamine groups is 3. The van der Waals surface area contributed by atoms with E-state index in [1.807, 2.05) is 36.4 Å². The highest BCUT2D eigenvalue weighted by Gasteiger charge is 2.38. The number of hydrogen-bond donors (Lipinski definition) is 2. The smallest absolute Gasteiger partial charge is 0.179 e. The van der Waals surface area contributed by atoms with Gasteiger partial charge in [-0.25, -0.2) is 5.10 Å². The number of aliphatic hydroxyl groups is 1. The van der Waals surface area contributed by atoms with Crippen molar-refractivity contribution in [3.63, 3.8) is 0 Å². The number of nitrogens with zero attached hydrogens (tertiary/aromatic N) is 6. The van der Waals surface area contributed by atoms with E-state index in [0.717, 1.165) is 79.4 Å². The number of rotatable bonds is 8. The second-order valence-electron chi connectivity index (χ2n) is 10.1. The quantitative estimate of drug-likeness (QED) is 0.267. The molecule has 0 amide bonds. The van der Waals surface area contributed by atoms with Crippen molar-refractivity contribution >= 4 is 0 Å². The highest BCUT2D eigenvalue weighted by Crippen LogP contribution is 2.35. The van der Waals surface area contributed by atoms with E-state index in [2.05, 4.69) is 43.6 Å². The maximum absolute atomic E-state index is 14.3. The van der Waals surface area contributed by atoms with Gasteiger partial charge in [-0.05, 0) is 59.0 Å². The number of pyridine rings is 1. The Labute approximate surface area is 212 Å². The topological polar surface area (TPSA) is 114 Å². The molecule has 1 saturated carbocycles. The molecule has 2 aliphatic rings. The summed E-state index contributed by atoms with van der Waals surface area (Å²) in [7, 11) is 0. The molecule has 0 saturated heterocycles. The lowest BCUT2D eigenvalue weighted by Crippen LogP contribution is -2.47. The molecule has 2 aromatic heterocycles. The molecule has 0 spiro atoms. The summed E-state index contributed by atoms with van der Waals surface area (Å²) < 4.78 is -0.427. The van der Waals surface area contributed by atoms with Crippen molar-refractivity contribution in [1.82, 2.24) is 30.5 Å². The van der Waals surface area contributed by atoms with Crippen LogP contribution in [0.5, 0.6) is 0 Å². The van der Waals surface area contributed by atoms with Gasteiger partial charge in [-0.3, -0.25) is 4.98 Å². The first-order valence-corrected chi connectivity index (χ1v) is 13.1. The van der Waals surface area contributed by atoms with Crippen LogP contribution in [0.15, 0.2) is 54.5 Å². The maximum Gasteiger partial charge on any atom is 0.179 e. The van der Waals surface area contributed by atoms with Gasteiger partial charge >= 0.3 is 0 Å². The van der Waals surface area contributed by atoms with Crippen LogP contribution >= 0.6 is 0 Å². The molecule has 3 aromatic rings. The van der Waals surface area contributed by atoms with Gasteiger partial charge in [-0.2, -0.15) is 0 Å². The van der Waals surface area contributed by atoms with Gasteiger partial charge in [0.2, 0.25) is 0 Å². The third-order valence-electron chi connectivity index (χ3n) is 7.44. The molecule has 0 bridgehead atoms. The maximum atomic E-state index is 14.3. The molecule has 5 rings (SSSR count). The molecule has 0 radical (unpaired) electrons. The Bertz CT molecular complexity index is 1180. The highest BCUT2D eigenvalue weighted by molar-refractivity contribution is 5.69. The Balaban J connectivity index is 1.38. The fourth-order valence-electron chi connectivity index (χ4n) is 5.46. The van der Waals surface area contributed by atoms with E-state index in [1.54, 1.807) is 6.20 Å². The minimum absolute atomic E-state index is 0.0192. The van der Waals surface area contributed by atoms with Gasteiger partial charge in [-0.1, -0.05) is 50.8 Å². The lowest BCUT2D eigenvalue weighted by molar-refractivity contribution is -0.860. The van der Waals surface area contributed by atoms with Crippen molar-refractivity contribution in [3.05, 3.63) is 65.4 Å². The van der Waals surface area contributed by atoms with E-state index in [0.29, 0.717) is 12.5 Å². The summed E-state index contributed by atoms with van der Waals surface area (Å²) >= 11 is 0. The summed E-state index contributed by atoms with van der Waals surface area (Å²) in [5, 5.41) is 39.2. The molecular weight excluding hydrogens is 454 g/mol. The first kappa shape index (κ1) is 24.5. The summed E-state index contributed by atoms with van der Waals surface area (Å²) in [5.41, 5.74) is 4.55. The van der Waals surface area contributed by atoms with Gasteiger partial charge in [0.25, 0.3) is 0 Å². The normalized spacial score (nSPS) is 24.5. The molecule has 9 heteroatoms. The predicted octanol–water partition coefficient (Wildman–Crippen LogP) is 4.74. The second-order valence-corrected chi connectivity index (χ2v) is 10.1. The zero-order valence-corrected chi connectivity index (χ0v) is 20.9. The Hall–Kier alpha value is -3.14. The fourth-order valence-corrected chi connectivity index (χ4v) is 5.46. The fraction of sp³-hybridized carbons (Fsp3) is 0.481. The predicted molar refractivity (Wildman–Crippen MR) is 137 cm³/mol. The average molecular weight is 490 g/mol. The van der Waals surface area contributed by atoms with E-state index in [-0.39, 0.29) is 18.7 Å². The monoisotopic (exact) mass is 489 g/mol. The van der Waals surface area contributed by atoms with Gasteiger partial charge < -0.3 is 19.9 Å². The van der Waals surface area contributed by atoms with E-state index in [9.17, 15) is 10.3 Å². The van der Waals surface area contributed by atoms with Crippen LogP contribution < -0.4 is 0 Å². The van der Waals surface area contributed by atoms with Crippen molar-refractivity contribution in [1.29, 1.82) is 0 Å². The number of aromatic nitrogens is 5. The number of unbranched alkanes of at least 4 members (excludes halogenated alkanes) is 1. The van der Waals surface area contributed by atoms with Crippen LogP contribution in [0.4, 0.5) is 0 Å². The molecule has 1 aliphatic carbocycles. The van der Waals surface area contributed by atoms with Gasteiger partial charge in [0.05, 0.1) is 24.0 Å². The van der Waals surface area contributed by atoms with Gasteiger partial charge in [-0.15, -0.1) is 5.10 Å². The Morgan fingerprint density at radius 3 is 2.78 bits per heavy atom. The first-order chi connectivity index (χ1) is 17.6. The lowest BCUT2D eigenvalue weighted by atomic mass is 10.0. The Kier molecular flexibility index (Phi) is 7.41. The Morgan fingerprint density at radius 1 is 1.11 bits per heavy atom. The number of allylic oxidation sites excluding steroid dienone is 1. The molecule has 3 heterocycles. The van der Waals surface area contributed by atoms with Crippen molar-refractivity contribution in [3.8, 4) is 22.5 Å². The van der Waals surface area contributed by atoms with E-state index < -0.39 is 4.65 Å². The van der Waals surface area contributed by atoms with Crippen molar-refractivity contribution in [2.24, 2.45) is 0 Å². The summed E-state index contributed by atoms with van der Waals surface area (Å²) in [6.45, 7) is 2.75. The third kappa shape index (κ3) is 5.33. The number of quaternary nitrogens is 1. The Morgan fingerprint density at radius 2 is 1.94 bits per heavy atom. The molecule has 1 fully saturated rings. The molecule has 2 N–H and O–H groups in total. The molecular formula is C27H35N7O2. The molecule has 3 atom stereocenters. The van der Waals surface area contributed by atoms with Crippen LogP contribution in [0.1, 0.15) is 64.0 Å². The molecule has 1 aliphatic heterocycles. The summed E-state index contributed by atoms with van der Waals surface area (Å²) in [6.07, 6.45) is 11.3. The number of nitrogens with one attached hydrogen (secondary N) is 1. The number of tetrazole rings is 1. The highest BCUT2D eigenvalue weighted by atomic mass is 16.6. The van der Waals surface area contributed by atoms with Crippen LogP contribution in [-0.4, -0.2) is 59.1 Å². The van der Waals surface area contributed by atoms with Crippen LogP contribution in [-0.2, 0) is 6.54 Å². The molecule has 9 nitrogen and oxygen atoms in total. The van der Waals surface area contributed by atoms with Crippen LogP contribution in [0.3, 0.4) is 0 Å². The molecule has 1 aromatic carbocycles. The largest absolute Gasteiger partial charge is 0.626 e. The number of aliphatic hydroxyl groups excluding tert-OH is 1. The standard InChI is InChI=1S/C27H35N7O2/c1-2-3-10-24-17-33(25-11-5-4-6-12-26(25)35)19-34(24,36)18-23-16-21(13-14-28-23)20-8-7-9-22(15-20)27-29-31-32-30-27/h7-9,13-17,25-26,35H,2-6,10-12,18-19H2,1H3,(H,29,30,31,32). The van der Waals surface area contributed by atoms with E-state index in [4.69, 9.17) is 0 Å². The summed E-state index contributed by atoms with van der Waals surface area (Å²) in [6, 6.07) is 12.0. The zero-order chi connectivity index (χ0) is 25.0. The molecule has 3 unspecified atom stereocenters. The third-order valence-corrected chi connectivity index (χ3v) is 7.44. The zero-order valence-electron chi connectivity index (χ0n) is 20.9. The van der Waals surface area contributed by atoms with Gasteiger partial charge in [0.15, 0.2) is 12.5 Å². The summed E-state index contributed by atoms with van der Waals surface area (Å²) in [4.78, 5) is 6.71. The lowest BCUT2D eigenvalue weighted by Gasteiger charge is -2.42. The van der Waals surface area contributed by atoms with Gasteiger partial charge in [0.1, 0.15) is 12.2 Å². The van der Waals surface area contributed by atoms with E-state index in [1.165, 1.54) is 0 Å². The molecule has 36 heavy (non-hydrogen) atoms. The molecule has 190 valence electrons. The SMILES string of the molecule is CCCCC1=CN(C2CCCCCC2O)C[N+]1([O-])Cc1cc(-c2cccc(-c3nnn[nH]3)c2)ccn1. The van der Waals surface area contributed by atoms with Crippen molar-refractivity contribution in [2.75, 3.05) is 6.67 Å². The average Bonchev–Trinajstić information content (AvgIpc) is 3.47. The first-order valence-electron chi connectivity index (χ1n) is 13.1. The van der Waals surface area contributed by atoms with Crippen molar-refractivity contribution < 1.29 is 9.75 Å². The number of H-pyrrole nitrogens is 1. The number of hydrogen-bond acceptors (Lipinski definition) is 7.